The third-order valence-electron chi connectivity index (χ3n) is 4.70. The summed E-state index contributed by atoms with van der Waals surface area (Å²) in [6.45, 7) is 4.98. The Morgan fingerprint density at radius 3 is 2.58 bits per heavy atom. The van der Waals surface area contributed by atoms with E-state index in [-0.39, 0.29) is 5.91 Å². The Labute approximate surface area is 155 Å². The van der Waals surface area contributed by atoms with Crippen LogP contribution in [0.3, 0.4) is 0 Å². The van der Waals surface area contributed by atoms with Crippen LogP contribution in [0.15, 0.2) is 54.6 Å². The number of carbonyl (C=O) groups excluding carboxylic acids is 1. The first-order valence-electron chi connectivity index (χ1n) is 9.44. The second-order valence-electron chi connectivity index (χ2n) is 6.70. The number of fused-ring (bicyclic) bond motifs is 1. The van der Waals surface area contributed by atoms with E-state index < -0.39 is 0 Å². The van der Waals surface area contributed by atoms with Crippen LogP contribution < -0.4 is 5.32 Å². The van der Waals surface area contributed by atoms with E-state index in [1.807, 2.05) is 42.5 Å². The number of carbonyl (C=O) groups is 1. The lowest BCUT2D eigenvalue weighted by molar-refractivity contribution is 0.0954. The SMILES string of the molecule is CCCCCCNC(=O)c1cc(-c2ccccc2C)nc2ccccc12. The van der Waals surface area contributed by atoms with Gasteiger partial charge >= 0.3 is 0 Å². The number of hydrogen-bond donors (Lipinski definition) is 1. The summed E-state index contributed by atoms with van der Waals surface area (Å²) in [7, 11) is 0. The van der Waals surface area contributed by atoms with Crippen molar-refractivity contribution in [3.05, 3.63) is 65.7 Å². The van der Waals surface area contributed by atoms with Gasteiger partial charge < -0.3 is 5.32 Å². The van der Waals surface area contributed by atoms with Crippen LogP contribution >= 0.6 is 0 Å². The van der Waals surface area contributed by atoms with Crippen LogP contribution in [0, 0.1) is 6.92 Å². The first kappa shape index (κ1) is 18.1. The van der Waals surface area contributed by atoms with E-state index in [1.54, 1.807) is 0 Å². The van der Waals surface area contributed by atoms with E-state index >= 15 is 0 Å². The molecule has 3 nitrogen and oxygen atoms in total. The molecule has 1 amide bonds. The lowest BCUT2D eigenvalue weighted by Gasteiger charge is -2.12. The van der Waals surface area contributed by atoms with Gasteiger partial charge in [-0.25, -0.2) is 4.98 Å². The summed E-state index contributed by atoms with van der Waals surface area (Å²) >= 11 is 0. The molecule has 26 heavy (non-hydrogen) atoms. The maximum atomic E-state index is 12.8. The molecule has 0 radical (unpaired) electrons. The first-order valence-corrected chi connectivity index (χ1v) is 9.44. The molecule has 3 aromatic rings. The average molecular weight is 346 g/mol. The molecule has 0 aliphatic carbocycles. The van der Waals surface area contributed by atoms with Crippen molar-refractivity contribution in [2.24, 2.45) is 0 Å². The second-order valence-corrected chi connectivity index (χ2v) is 6.70. The van der Waals surface area contributed by atoms with Crippen molar-refractivity contribution in [3.63, 3.8) is 0 Å². The third kappa shape index (κ3) is 4.10. The molecule has 1 heterocycles. The number of para-hydroxylation sites is 1. The number of nitrogens with one attached hydrogen (secondary N) is 1. The van der Waals surface area contributed by atoms with Gasteiger partial charge in [-0.3, -0.25) is 4.79 Å². The number of pyridine rings is 1. The molecule has 0 saturated carbocycles. The number of aryl methyl sites for hydroxylation is 1. The zero-order valence-corrected chi connectivity index (χ0v) is 15.6. The molecule has 3 rings (SSSR count). The summed E-state index contributed by atoms with van der Waals surface area (Å²) in [5, 5.41) is 3.98. The number of benzene rings is 2. The van der Waals surface area contributed by atoms with E-state index in [0.717, 1.165) is 47.1 Å². The van der Waals surface area contributed by atoms with Crippen molar-refractivity contribution in [1.29, 1.82) is 0 Å². The predicted octanol–water partition coefficient (Wildman–Crippen LogP) is 5.52. The maximum Gasteiger partial charge on any atom is 0.252 e. The Bertz CT molecular complexity index is 902. The van der Waals surface area contributed by atoms with Crippen LogP contribution in [0.1, 0.15) is 48.5 Å². The summed E-state index contributed by atoms with van der Waals surface area (Å²) in [6.07, 6.45) is 4.59. The van der Waals surface area contributed by atoms with Gasteiger partial charge in [0.1, 0.15) is 0 Å². The Hall–Kier alpha value is -2.68. The number of aromatic nitrogens is 1. The first-order chi connectivity index (χ1) is 12.7. The van der Waals surface area contributed by atoms with Crippen molar-refractivity contribution in [1.82, 2.24) is 10.3 Å². The Balaban J connectivity index is 1.93. The molecular formula is C23H26N2O. The van der Waals surface area contributed by atoms with E-state index in [4.69, 9.17) is 4.98 Å². The van der Waals surface area contributed by atoms with Crippen LogP contribution in [0.2, 0.25) is 0 Å². The standard InChI is InChI=1S/C23H26N2O/c1-3-4-5-10-15-24-23(26)20-16-22(18-12-7-6-11-17(18)2)25-21-14-9-8-13-19(20)21/h6-9,11-14,16H,3-5,10,15H2,1-2H3,(H,24,26). The minimum atomic E-state index is -0.0186. The van der Waals surface area contributed by atoms with Crippen LogP contribution in [0.25, 0.3) is 22.2 Å². The highest BCUT2D eigenvalue weighted by molar-refractivity contribution is 6.07. The van der Waals surface area contributed by atoms with Gasteiger partial charge in [-0.1, -0.05) is 68.7 Å². The molecule has 0 unspecified atom stereocenters. The lowest BCUT2D eigenvalue weighted by Crippen LogP contribution is -2.24. The molecule has 134 valence electrons. The molecule has 0 fully saturated rings. The van der Waals surface area contributed by atoms with Gasteiger partial charge in [0.05, 0.1) is 16.8 Å². The van der Waals surface area contributed by atoms with Gasteiger partial charge in [-0.2, -0.15) is 0 Å². The Morgan fingerprint density at radius 2 is 1.77 bits per heavy atom. The van der Waals surface area contributed by atoms with E-state index in [0.29, 0.717) is 5.56 Å². The van der Waals surface area contributed by atoms with Crippen LogP contribution in [0.4, 0.5) is 0 Å². The summed E-state index contributed by atoms with van der Waals surface area (Å²) in [6, 6.07) is 17.9. The van der Waals surface area contributed by atoms with Crippen molar-refractivity contribution in [2.75, 3.05) is 6.54 Å². The smallest absolute Gasteiger partial charge is 0.252 e. The average Bonchev–Trinajstić information content (AvgIpc) is 2.67. The molecule has 2 aromatic carbocycles. The normalized spacial score (nSPS) is 10.8. The summed E-state index contributed by atoms with van der Waals surface area (Å²) < 4.78 is 0. The highest BCUT2D eigenvalue weighted by atomic mass is 16.1. The molecule has 1 N–H and O–H groups in total. The van der Waals surface area contributed by atoms with E-state index in [2.05, 4.69) is 31.3 Å². The monoisotopic (exact) mass is 346 g/mol. The molecule has 0 aliphatic rings. The maximum absolute atomic E-state index is 12.8. The molecule has 0 atom stereocenters. The summed E-state index contributed by atoms with van der Waals surface area (Å²) in [5.41, 5.74) is 4.61. The van der Waals surface area contributed by atoms with Gasteiger partial charge in [0.25, 0.3) is 5.91 Å². The van der Waals surface area contributed by atoms with Gasteiger partial charge in [-0.15, -0.1) is 0 Å². The minimum absolute atomic E-state index is 0.0186. The zero-order chi connectivity index (χ0) is 18.4. The fourth-order valence-electron chi connectivity index (χ4n) is 3.21. The fourth-order valence-corrected chi connectivity index (χ4v) is 3.21. The highest BCUT2D eigenvalue weighted by Crippen LogP contribution is 2.26. The van der Waals surface area contributed by atoms with Crippen molar-refractivity contribution >= 4 is 16.8 Å². The van der Waals surface area contributed by atoms with Crippen LogP contribution in [0.5, 0.6) is 0 Å². The number of amides is 1. The second kappa shape index (κ2) is 8.61. The van der Waals surface area contributed by atoms with Gasteiger partial charge in [0, 0.05) is 17.5 Å². The van der Waals surface area contributed by atoms with Crippen LogP contribution in [-0.2, 0) is 0 Å². The molecule has 1 aromatic heterocycles. The summed E-state index contributed by atoms with van der Waals surface area (Å²) in [4.78, 5) is 17.6. The van der Waals surface area contributed by atoms with Gasteiger partial charge in [0.2, 0.25) is 0 Å². The number of hydrogen-bond acceptors (Lipinski definition) is 2. The third-order valence-corrected chi connectivity index (χ3v) is 4.70. The highest BCUT2D eigenvalue weighted by Gasteiger charge is 2.14. The largest absolute Gasteiger partial charge is 0.352 e. The molecule has 0 saturated heterocycles. The molecule has 0 aliphatic heterocycles. The fraction of sp³-hybridized carbons (Fsp3) is 0.304. The van der Waals surface area contributed by atoms with E-state index in [9.17, 15) is 4.79 Å². The lowest BCUT2D eigenvalue weighted by atomic mass is 10.0. The topological polar surface area (TPSA) is 42.0 Å². The van der Waals surface area contributed by atoms with Gasteiger partial charge in [-0.05, 0) is 31.0 Å². The van der Waals surface area contributed by atoms with Gasteiger partial charge in [0.15, 0.2) is 0 Å². The molecule has 0 bridgehead atoms. The quantitative estimate of drug-likeness (QED) is 0.572. The Morgan fingerprint density at radius 1 is 1.00 bits per heavy atom. The summed E-state index contributed by atoms with van der Waals surface area (Å²) in [5.74, 6) is -0.0186. The van der Waals surface area contributed by atoms with Crippen molar-refractivity contribution in [3.8, 4) is 11.3 Å². The molecule has 3 heteroatoms. The minimum Gasteiger partial charge on any atom is -0.352 e. The van der Waals surface area contributed by atoms with Crippen LogP contribution in [-0.4, -0.2) is 17.4 Å². The zero-order valence-electron chi connectivity index (χ0n) is 15.6. The number of rotatable bonds is 7. The van der Waals surface area contributed by atoms with E-state index in [1.165, 1.54) is 12.8 Å². The van der Waals surface area contributed by atoms with Crippen molar-refractivity contribution in [2.45, 2.75) is 39.5 Å². The number of unbranched alkanes of at least 4 members (excludes halogenated alkanes) is 3. The molecule has 0 spiro atoms. The molecular weight excluding hydrogens is 320 g/mol. The predicted molar refractivity (Wildman–Crippen MR) is 108 cm³/mol. The number of nitrogens with zero attached hydrogens (tertiary/aromatic N) is 1. The van der Waals surface area contributed by atoms with Crippen molar-refractivity contribution < 1.29 is 4.79 Å². The Kier molecular flexibility index (Phi) is 6.00.